The second-order valence-electron chi connectivity index (χ2n) is 7.61. The highest BCUT2D eigenvalue weighted by molar-refractivity contribution is 6.31. The van der Waals surface area contributed by atoms with E-state index in [1.54, 1.807) is 22.8 Å². The molecule has 2 aromatic carbocycles. The van der Waals surface area contributed by atoms with Crippen molar-refractivity contribution in [2.45, 2.75) is 32.2 Å². The van der Waals surface area contributed by atoms with Crippen LogP contribution in [0.4, 0.5) is 5.69 Å². The third-order valence-corrected chi connectivity index (χ3v) is 6.00. The number of nitrogens with zero attached hydrogens (tertiary/aromatic N) is 3. The summed E-state index contributed by atoms with van der Waals surface area (Å²) >= 11 is 6.10. The lowest BCUT2D eigenvalue weighted by Crippen LogP contribution is -2.29. The van der Waals surface area contributed by atoms with Crippen LogP contribution < -0.4 is 10.5 Å². The number of hydrogen-bond donors (Lipinski definition) is 0. The molecule has 3 heterocycles. The number of piperidine rings is 1. The van der Waals surface area contributed by atoms with Gasteiger partial charge >= 0.3 is 0 Å². The van der Waals surface area contributed by atoms with Gasteiger partial charge < -0.3 is 4.90 Å². The van der Waals surface area contributed by atoms with Crippen LogP contribution >= 0.6 is 11.6 Å². The fourth-order valence-corrected chi connectivity index (χ4v) is 4.43. The van der Waals surface area contributed by atoms with Crippen LogP contribution in [-0.2, 0) is 6.54 Å². The number of halogens is 1. The van der Waals surface area contributed by atoms with Gasteiger partial charge in [-0.05, 0) is 73.2 Å². The summed E-state index contributed by atoms with van der Waals surface area (Å²) in [5.41, 5.74) is 4.22. The maximum atomic E-state index is 12.8. The minimum atomic E-state index is 0.0144. The largest absolute Gasteiger partial charge is 0.372 e. The fraction of sp³-hybridized carbons (Fsp3) is 0.304. The number of anilines is 1. The molecule has 0 aliphatic carbocycles. The maximum absolute atomic E-state index is 12.8. The SMILES string of the molecule is O=c1c2ccc(Cl)cc2nc2n1CC/C2=C\c1ccc(N2CCCCC2)cc1. The number of aromatic nitrogens is 2. The lowest BCUT2D eigenvalue weighted by molar-refractivity contribution is 0.578. The molecule has 0 unspecified atom stereocenters. The van der Waals surface area contributed by atoms with Gasteiger partial charge in [0.15, 0.2) is 0 Å². The van der Waals surface area contributed by atoms with Crippen molar-refractivity contribution in [3.05, 3.63) is 69.2 Å². The minimum Gasteiger partial charge on any atom is -0.372 e. The van der Waals surface area contributed by atoms with E-state index in [0.717, 1.165) is 36.5 Å². The van der Waals surface area contributed by atoms with Gasteiger partial charge in [-0.2, -0.15) is 0 Å². The van der Waals surface area contributed by atoms with E-state index < -0.39 is 0 Å². The first-order valence-electron chi connectivity index (χ1n) is 9.95. The Kier molecular flexibility index (Phi) is 4.44. The monoisotopic (exact) mass is 391 g/mol. The van der Waals surface area contributed by atoms with E-state index >= 15 is 0 Å². The van der Waals surface area contributed by atoms with E-state index in [1.165, 1.54) is 24.9 Å². The standard InChI is InChI=1S/C23H22ClN3O/c24-18-6-9-20-21(15-18)25-22-17(10-13-27(22)23(20)28)14-16-4-7-19(8-5-16)26-11-2-1-3-12-26/h4-9,14-15H,1-3,10-13H2/b17-14+. The molecule has 4 nitrogen and oxygen atoms in total. The molecule has 142 valence electrons. The lowest BCUT2D eigenvalue weighted by Gasteiger charge is -2.28. The summed E-state index contributed by atoms with van der Waals surface area (Å²) in [4.78, 5) is 20.0. The van der Waals surface area contributed by atoms with E-state index in [2.05, 4.69) is 35.2 Å². The quantitative estimate of drug-likeness (QED) is 0.618. The first-order valence-corrected chi connectivity index (χ1v) is 10.3. The van der Waals surface area contributed by atoms with Crippen molar-refractivity contribution in [2.24, 2.45) is 0 Å². The molecular weight excluding hydrogens is 370 g/mol. The van der Waals surface area contributed by atoms with Gasteiger partial charge in [-0.1, -0.05) is 23.7 Å². The molecule has 2 aliphatic rings. The molecular formula is C23H22ClN3O. The molecule has 0 spiro atoms. The number of fused-ring (bicyclic) bond motifs is 2. The van der Waals surface area contributed by atoms with E-state index in [9.17, 15) is 4.79 Å². The molecule has 1 saturated heterocycles. The van der Waals surface area contributed by atoms with E-state index in [1.807, 2.05) is 0 Å². The molecule has 0 atom stereocenters. The Morgan fingerprint density at radius 3 is 2.54 bits per heavy atom. The first-order chi connectivity index (χ1) is 13.7. The van der Waals surface area contributed by atoms with Crippen molar-refractivity contribution in [1.29, 1.82) is 0 Å². The molecule has 5 heteroatoms. The molecule has 2 aliphatic heterocycles. The Balaban J connectivity index is 1.49. The maximum Gasteiger partial charge on any atom is 0.261 e. The first kappa shape index (κ1) is 17.5. The average molecular weight is 392 g/mol. The molecule has 1 aromatic heterocycles. The van der Waals surface area contributed by atoms with Crippen LogP contribution in [0.3, 0.4) is 0 Å². The summed E-state index contributed by atoms with van der Waals surface area (Å²) in [7, 11) is 0. The van der Waals surface area contributed by atoms with Crippen molar-refractivity contribution in [3.8, 4) is 0 Å². The van der Waals surface area contributed by atoms with Crippen molar-refractivity contribution in [1.82, 2.24) is 9.55 Å². The van der Waals surface area contributed by atoms with Crippen molar-refractivity contribution >= 4 is 39.8 Å². The van der Waals surface area contributed by atoms with Gasteiger partial charge in [-0.15, -0.1) is 0 Å². The fourth-order valence-electron chi connectivity index (χ4n) is 4.26. The van der Waals surface area contributed by atoms with Gasteiger partial charge in [0, 0.05) is 30.3 Å². The Hall–Kier alpha value is -2.59. The van der Waals surface area contributed by atoms with Crippen LogP contribution in [-0.4, -0.2) is 22.6 Å². The molecule has 3 aromatic rings. The highest BCUT2D eigenvalue weighted by Crippen LogP contribution is 2.29. The molecule has 0 N–H and O–H groups in total. The number of hydrogen-bond acceptors (Lipinski definition) is 3. The van der Waals surface area contributed by atoms with Gasteiger partial charge in [0.05, 0.1) is 10.9 Å². The highest BCUT2D eigenvalue weighted by atomic mass is 35.5. The predicted molar refractivity (Wildman–Crippen MR) is 116 cm³/mol. The highest BCUT2D eigenvalue weighted by Gasteiger charge is 2.21. The Bertz CT molecular complexity index is 1130. The molecule has 1 fully saturated rings. The number of allylic oxidation sites excluding steroid dienone is 1. The third-order valence-electron chi connectivity index (χ3n) is 5.76. The van der Waals surface area contributed by atoms with Gasteiger partial charge in [-0.3, -0.25) is 9.36 Å². The summed E-state index contributed by atoms with van der Waals surface area (Å²) in [6.45, 7) is 2.98. The second kappa shape index (κ2) is 7.10. The molecule has 28 heavy (non-hydrogen) atoms. The third kappa shape index (κ3) is 3.12. The van der Waals surface area contributed by atoms with E-state index in [-0.39, 0.29) is 5.56 Å². The topological polar surface area (TPSA) is 38.1 Å². The lowest BCUT2D eigenvalue weighted by atomic mass is 10.1. The molecule has 0 saturated carbocycles. The van der Waals surface area contributed by atoms with Gasteiger partial charge in [0.25, 0.3) is 5.56 Å². The van der Waals surface area contributed by atoms with Crippen LogP contribution in [0.15, 0.2) is 47.3 Å². The molecule has 5 rings (SSSR count). The van der Waals surface area contributed by atoms with E-state index in [0.29, 0.717) is 22.5 Å². The van der Waals surface area contributed by atoms with Gasteiger partial charge in [0.1, 0.15) is 5.82 Å². The van der Waals surface area contributed by atoms with Crippen molar-refractivity contribution in [3.63, 3.8) is 0 Å². The summed E-state index contributed by atoms with van der Waals surface area (Å²) in [6, 6.07) is 14.0. The smallest absolute Gasteiger partial charge is 0.261 e. The normalized spacial score (nSPS) is 18.0. The zero-order valence-corrected chi connectivity index (χ0v) is 16.5. The summed E-state index contributed by atoms with van der Waals surface area (Å²) in [5, 5.41) is 1.22. The number of benzene rings is 2. The summed E-state index contributed by atoms with van der Waals surface area (Å²) < 4.78 is 1.78. The van der Waals surface area contributed by atoms with Gasteiger partial charge in [0.2, 0.25) is 0 Å². The van der Waals surface area contributed by atoms with Gasteiger partial charge in [-0.25, -0.2) is 4.98 Å². The predicted octanol–water partition coefficient (Wildman–Crippen LogP) is 4.98. The second-order valence-corrected chi connectivity index (χ2v) is 8.05. The zero-order valence-electron chi connectivity index (χ0n) is 15.7. The van der Waals surface area contributed by atoms with Crippen LogP contribution in [0.5, 0.6) is 0 Å². The number of rotatable bonds is 2. The summed E-state index contributed by atoms with van der Waals surface area (Å²) in [6.07, 6.45) is 6.87. The van der Waals surface area contributed by atoms with E-state index in [4.69, 9.17) is 16.6 Å². The van der Waals surface area contributed by atoms with Crippen LogP contribution in [0.1, 0.15) is 37.1 Å². The van der Waals surface area contributed by atoms with Crippen LogP contribution in [0, 0.1) is 0 Å². The van der Waals surface area contributed by atoms with Crippen molar-refractivity contribution in [2.75, 3.05) is 18.0 Å². The van der Waals surface area contributed by atoms with Crippen LogP contribution in [0.2, 0.25) is 5.02 Å². The average Bonchev–Trinajstić information content (AvgIpc) is 3.12. The Labute approximate surface area is 169 Å². The Morgan fingerprint density at radius 2 is 1.75 bits per heavy atom. The minimum absolute atomic E-state index is 0.0144. The summed E-state index contributed by atoms with van der Waals surface area (Å²) in [5.74, 6) is 0.764. The molecule has 0 amide bonds. The molecule has 0 radical (unpaired) electrons. The zero-order chi connectivity index (χ0) is 19.1. The molecule has 0 bridgehead atoms. The van der Waals surface area contributed by atoms with Crippen LogP contribution in [0.25, 0.3) is 22.6 Å². The van der Waals surface area contributed by atoms with Crippen molar-refractivity contribution < 1.29 is 0 Å². The Morgan fingerprint density at radius 1 is 0.964 bits per heavy atom.